The average Bonchev–Trinajstić information content (AvgIpc) is 3.15. The number of carbonyl (C=O) groups excluding carboxylic acids is 2. The third-order valence-corrected chi connectivity index (χ3v) is 4.80. The van der Waals surface area contributed by atoms with Crippen LogP contribution in [0.5, 0.6) is 0 Å². The van der Waals surface area contributed by atoms with E-state index in [1.54, 1.807) is 31.2 Å². The summed E-state index contributed by atoms with van der Waals surface area (Å²) in [4.78, 5) is 46.6. The Hall–Kier alpha value is -3.33. The van der Waals surface area contributed by atoms with Gasteiger partial charge in [-0.25, -0.2) is 4.79 Å². The molecule has 0 bridgehead atoms. The van der Waals surface area contributed by atoms with Crippen molar-refractivity contribution in [1.29, 1.82) is 0 Å². The summed E-state index contributed by atoms with van der Waals surface area (Å²) in [6.45, 7) is 0.963. The number of furan rings is 1. The molecule has 1 aliphatic rings. The van der Waals surface area contributed by atoms with Crippen LogP contribution in [0.15, 0.2) is 39.7 Å². The van der Waals surface area contributed by atoms with Crippen LogP contribution in [0.25, 0.3) is 17.4 Å². The molecule has 8 nitrogen and oxygen atoms in total. The fraction of sp³-hybridized carbons (Fsp3) is 0.111. The van der Waals surface area contributed by atoms with Gasteiger partial charge < -0.3 is 14.6 Å². The first kappa shape index (κ1) is 18.5. The van der Waals surface area contributed by atoms with Crippen LogP contribution in [-0.4, -0.2) is 44.7 Å². The highest BCUT2D eigenvalue weighted by Crippen LogP contribution is 2.34. The number of carboxylic acid groups (broad SMARTS) is 2. The first-order chi connectivity index (χ1) is 12.8. The van der Waals surface area contributed by atoms with Crippen LogP contribution in [0.4, 0.5) is 4.79 Å². The monoisotopic (exact) mass is 387 g/mol. The third kappa shape index (κ3) is 3.63. The van der Waals surface area contributed by atoms with E-state index in [9.17, 15) is 24.3 Å². The minimum atomic E-state index is -1.28. The van der Waals surface area contributed by atoms with E-state index in [0.29, 0.717) is 33.5 Å². The highest BCUT2D eigenvalue weighted by molar-refractivity contribution is 8.18. The lowest BCUT2D eigenvalue weighted by Crippen LogP contribution is -2.33. The molecule has 1 aliphatic heterocycles. The summed E-state index contributed by atoms with van der Waals surface area (Å²) in [7, 11) is 0. The molecule has 2 heterocycles. The highest BCUT2D eigenvalue weighted by Gasteiger charge is 2.36. The van der Waals surface area contributed by atoms with Crippen molar-refractivity contribution in [3.63, 3.8) is 0 Å². The van der Waals surface area contributed by atoms with Crippen molar-refractivity contribution in [2.75, 3.05) is 6.54 Å². The minimum Gasteiger partial charge on any atom is -0.480 e. The van der Waals surface area contributed by atoms with Gasteiger partial charge in [-0.05, 0) is 42.4 Å². The number of benzene rings is 1. The summed E-state index contributed by atoms with van der Waals surface area (Å²) in [5.41, 5.74) is 1.28. The first-order valence-electron chi connectivity index (χ1n) is 7.68. The molecule has 2 aromatic rings. The van der Waals surface area contributed by atoms with Crippen molar-refractivity contribution in [1.82, 2.24) is 4.90 Å². The van der Waals surface area contributed by atoms with E-state index >= 15 is 0 Å². The number of rotatable bonds is 5. The van der Waals surface area contributed by atoms with Crippen molar-refractivity contribution >= 4 is 40.9 Å². The minimum absolute atomic E-state index is 0.0539. The smallest absolute Gasteiger partial charge is 0.335 e. The number of imide groups is 1. The molecule has 0 atom stereocenters. The van der Waals surface area contributed by atoms with Gasteiger partial charge in [-0.1, -0.05) is 12.1 Å². The average molecular weight is 387 g/mol. The van der Waals surface area contributed by atoms with E-state index in [1.165, 1.54) is 12.1 Å². The fourth-order valence-corrected chi connectivity index (χ4v) is 3.43. The van der Waals surface area contributed by atoms with E-state index in [1.807, 2.05) is 0 Å². The molecule has 0 saturated carbocycles. The molecule has 2 N–H and O–H groups in total. The molecule has 0 spiro atoms. The lowest BCUT2D eigenvalue weighted by Gasteiger charge is -2.07. The normalized spacial score (nSPS) is 15.6. The first-order valence-corrected chi connectivity index (χ1v) is 8.50. The molecule has 9 heteroatoms. The van der Waals surface area contributed by atoms with Gasteiger partial charge in [0.15, 0.2) is 0 Å². The van der Waals surface area contributed by atoms with Crippen LogP contribution in [0.1, 0.15) is 21.7 Å². The lowest BCUT2D eigenvalue weighted by molar-refractivity contribution is -0.140. The molecule has 1 fully saturated rings. The van der Waals surface area contributed by atoms with Gasteiger partial charge in [-0.3, -0.25) is 19.3 Å². The fourth-order valence-electron chi connectivity index (χ4n) is 2.61. The number of amides is 2. The SMILES string of the molecule is Cc1c(C(=O)O)cccc1-c1ccc(/C=C2/SC(=O)N(CC(=O)O)C2=O)o1. The molecule has 0 radical (unpaired) electrons. The number of hydrogen-bond acceptors (Lipinski definition) is 6. The number of aromatic carboxylic acids is 1. The molecule has 1 aromatic heterocycles. The van der Waals surface area contributed by atoms with Gasteiger partial charge in [-0.15, -0.1) is 0 Å². The Morgan fingerprint density at radius 2 is 1.93 bits per heavy atom. The predicted octanol–water partition coefficient (Wildman–Crippen LogP) is 3.07. The quantitative estimate of drug-likeness (QED) is 0.750. The van der Waals surface area contributed by atoms with Crippen molar-refractivity contribution in [2.45, 2.75) is 6.92 Å². The summed E-state index contributed by atoms with van der Waals surface area (Å²) in [6, 6.07) is 8.01. The topological polar surface area (TPSA) is 125 Å². The molecular formula is C18H13NO7S. The van der Waals surface area contributed by atoms with Gasteiger partial charge >= 0.3 is 11.9 Å². The zero-order valence-electron chi connectivity index (χ0n) is 14.0. The van der Waals surface area contributed by atoms with E-state index < -0.39 is 29.6 Å². The Bertz CT molecular complexity index is 1000. The second kappa shape index (κ2) is 7.12. The summed E-state index contributed by atoms with van der Waals surface area (Å²) >= 11 is 0.631. The Morgan fingerprint density at radius 3 is 2.59 bits per heavy atom. The number of nitrogens with zero attached hydrogens (tertiary/aromatic N) is 1. The predicted molar refractivity (Wildman–Crippen MR) is 96.2 cm³/mol. The van der Waals surface area contributed by atoms with Gasteiger partial charge in [0.05, 0.1) is 10.5 Å². The van der Waals surface area contributed by atoms with E-state index in [4.69, 9.17) is 9.52 Å². The van der Waals surface area contributed by atoms with Gasteiger partial charge in [0.1, 0.15) is 18.1 Å². The maximum absolute atomic E-state index is 12.2. The van der Waals surface area contributed by atoms with Crippen LogP contribution >= 0.6 is 11.8 Å². The standard InChI is InChI=1S/C18H13NO7S/c1-9-11(3-2-4-12(9)17(23)24)13-6-5-10(26-13)7-14-16(22)19(8-15(20)21)18(25)27-14/h2-7H,8H2,1H3,(H,20,21)(H,23,24)/b14-7+. The van der Waals surface area contributed by atoms with Gasteiger partial charge in [0, 0.05) is 11.6 Å². The zero-order chi connectivity index (χ0) is 19.7. The van der Waals surface area contributed by atoms with E-state index in [-0.39, 0.29) is 16.2 Å². The number of carbonyl (C=O) groups is 4. The summed E-state index contributed by atoms with van der Waals surface area (Å²) < 4.78 is 5.67. The highest BCUT2D eigenvalue weighted by atomic mass is 32.2. The van der Waals surface area contributed by atoms with Crippen molar-refractivity contribution in [3.05, 3.63) is 52.1 Å². The molecule has 1 aromatic carbocycles. The number of hydrogen-bond donors (Lipinski definition) is 2. The van der Waals surface area contributed by atoms with Crippen molar-refractivity contribution < 1.29 is 33.8 Å². The molecular weight excluding hydrogens is 374 g/mol. The molecule has 3 rings (SSSR count). The molecule has 0 aliphatic carbocycles. The lowest BCUT2D eigenvalue weighted by atomic mass is 10.0. The van der Waals surface area contributed by atoms with Crippen molar-refractivity contribution in [3.8, 4) is 11.3 Å². The van der Waals surface area contributed by atoms with Crippen LogP contribution in [0.2, 0.25) is 0 Å². The third-order valence-electron chi connectivity index (χ3n) is 3.90. The Labute approximate surface area is 157 Å². The van der Waals surface area contributed by atoms with Crippen LogP contribution in [-0.2, 0) is 9.59 Å². The maximum Gasteiger partial charge on any atom is 0.335 e. The number of aliphatic carboxylic acids is 1. The summed E-state index contributed by atoms with van der Waals surface area (Å²) in [6.07, 6.45) is 1.35. The van der Waals surface area contributed by atoms with Gasteiger partial charge in [0.2, 0.25) is 0 Å². The zero-order valence-corrected chi connectivity index (χ0v) is 14.8. The Morgan fingerprint density at radius 1 is 1.19 bits per heavy atom. The van der Waals surface area contributed by atoms with Crippen LogP contribution in [0.3, 0.4) is 0 Å². The van der Waals surface area contributed by atoms with Gasteiger partial charge in [-0.2, -0.15) is 0 Å². The number of thioether (sulfide) groups is 1. The maximum atomic E-state index is 12.2. The molecule has 0 unspecified atom stereocenters. The molecule has 27 heavy (non-hydrogen) atoms. The van der Waals surface area contributed by atoms with Crippen LogP contribution < -0.4 is 0 Å². The second-order valence-electron chi connectivity index (χ2n) is 5.65. The van der Waals surface area contributed by atoms with Crippen LogP contribution in [0, 0.1) is 6.92 Å². The Balaban J connectivity index is 1.89. The summed E-state index contributed by atoms with van der Waals surface area (Å²) in [5.74, 6) is -2.34. The van der Waals surface area contributed by atoms with E-state index in [0.717, 1.165) is 0 Å². The summed E-state index contributed by atoms with van der Waals surface area (Å²) in [5, 5.41) is 17.3. The largest absolute Gasteiger partial charge is 0.480 e. The molecule has 2 amide bonds. The van der Waals surface area contributed by atoms with Gasteiger partial charge in [0.25, 0.3) is 11.1 Å². The molecule has 138 valence electrons. The Kier molecular flexibility index (Phi) is 4.87. The van der Waals surface area contributed by atoms with Crippen molar-refractivity contribution in [2.24, 2.45) is 0 Å². The van der Waals surface area contributed by atoms with E-state index in [2.05, 4.69) is 0 Å². The number of carboxylic acids is 2. The molecule has 1 saturated heterocycles. The second-order valence-corrected chi connectivity index (χ2v) is 6.64.